The monoisotopic (exact) mass is 341 g/mol. The number of aromatic nitrogens is 2. The van der Waals surface area contributed by atoms with Gasteiger partial charge in [-0.25, -0.2) is 9.97 Å². The lowest BCUT2D eigenvalue weighted by molar-refractivity contribution is -0.139. The molecule has 0 unspecified atom stereocenters. The molecule has 1 aromatic carbocycles. The molecule has 1 aromatic heterocycles. The van der Waals surface area contributed by atoms with Crippen LogP contribution in [0.2, 0.25) is 0 Å². The molecule has 1 fully saturated rings. The van der Waals surface area contributed by atoms with E-state index in [1.165, 1.54) is 0 Å². The fourth-order valence-corrected chi connectivity index (χ4v) is 2.86. The topological polar surface area (TPSA) is 64.6 Å². The minimum absolute atomic E-state index is 0.0635. The molecular formula is C19H23N3O3. The maximum Gasteiger partial charge on any atom is 0.226 e. The molecule has 2 heterocycles. The molecule has 1 atom stereocenters. The lowest BCUT2D eigenvalue weighted by atomic mass is 10.2. The highest BCUT2D eigenvalue weighted by Crippen LogP contribution is 2.20. The highest BCUT2D eigenvalue weighted by Gasteiger charge is 2.27. The summed E-state index contributed by atoms with van der Waals surface area (Å²) in [4.78, 5) is 23.2. The van der Waals surface area contributed by atoms with Crippen molar-refractivity contribution < 1.29 is 14.3 Å². The van der Waals surface area contributed by atoms with E-state index in [1.54, 1.807) is 0 Å². The van der Waals surface area contributed by atoms with Crippen LogP contribution in [0.25, 0.3) is 0 Å². The highest BCUT2D eigenvalue weighted by atomic mass is 16.5. The van der Waals surface area contributed by atoms with Gasteiger partial charge in [0.25, 0.3) is 0 Å². The first-order chi connectivity index (χ1) is 12.1. The van der Waals surface area contributed by atoms with Crippen molar-refractivity contribution in [3.63, 3.8) is 0 Å². The van der Waals surface area contributed by atoms with Crippen LogP contribution in [0.5, 0.6) is 5.75 Å². The number of carbonyl (C=O) groups is 1. The number of carbonyl (C=O) groups excluding carboxylic acids is 1. The van der Waals surface area contributed by atoms with Crippen LogP contribution >= 0.6 is 0 Å². The fourth-order valence-electron chi connectivity index (χ4n) is 2.86. The van der Waals surface area contributed by atoms with E-state index >= 15 is 0 Å². The Morgan fingerprint density at radius 2 is 1.96 bits per heavy atom. The van der Waals surface area contributed by atoms with Crippen LogP contribution in [0.3, 0.4) is 0 Å². The molecule has 132 valence electrons. The van der Waals surface area contributed by atoms with E-state index in [0.717, 1.165) is 17.1 Å². The van der Waals surface area contributed by atoms with Crippen molar-refractivity contribution in [3.8, 4) is 5.75 Å². The third kappa shape index (κ3) is 4.76. The zero-order valence-electron chi connectivity index (χ0n) is 14.6. The second-order valence-corrected chi connectivity index (χ2v) is 6.12. The predicted octanol–water partition coefficient (Wildman–Crippen LogP) is 2.46. The van der Waals surface area contributed by atoms with Crippen molar-refractivity contribution in [2.75, 3.05) is 26.3 Å². The molecule has 0 bridgehead atoms. The van der Waals surface area contributed by atoms with Crippen LogP contribution in [0, 0.1) is 13.8 Å². The summed E-state index contributed by atoms with van der Waals surface area (Å²) in [5, 5.41) is 0. The largest absolute Gasteiger partial charge is 0.493 e. The number of hydrogen-bond acceptors (Lipinski definition) is 5. The summed E-state index contributed by atoms with van der Waals surface area (Å²) in [5.74, 6) is 1.49. The summed E-state index contributed by atoms with van der Waals surface area (Å²) in [6.07, 6.45) is 0.0707. The van der Waals surface area contributed by atoms with Gasteiger partial charge in [0, 0.05) is 17.9 Å². The molecule has 0 aliphatic carbocycles. The number of ether oxygens (including phenoxy) is 2. The third-order valence-electron chi connectivity index (χ3n) is 4.03. The van der Waals surface area contributed by atoms with Crippen molar-refractivity contribution in [1.82, 2.24) is 14.9 Å². The van der Waals surface area contributed by atoms with Gasteiger partial charge in [0.1, 0.15) is 11.9 Å². The van der Waals surface area contributed by atoms with Crippen LogP contribution < -0.4 is 4.74 Å². The summed E-state index contributed by atoms with van der Waals surface area (Å²) >= 11 is 0. The molecular weight excluding hydrogens is 318 g/mol. The van der Waals surface area contributed by atoms with Gasteiger partial charge in [0.15, 0.2) is 5.82 Å². The summed E-state index contributed by atoms with van der Waals surface area (Å²) in [6.45, 7) is 5.80. The fraction of sp³-hybridized carbons (Fsp3) is 0.421. The van der Waals surface area contributed by atoms with Crippen molar-refractivity contribution in [2.24, 2.45) is 0 Å². The van der Waals surface area contributed by atoms with Crippen LogP contribution in [0.4, 0.5) is 0 Å². The number of nitrogens with zero attached hydrogens (tertiary/aromatic N) is 3. The molecule has 1 aliphatic rings. The van der Waals surface area contributed by atoms with Crippen LogP contribution in [0.1, 0.15) is 29.7 Å². The smallest absolute Gasteiger partial charge is 0.226 e. The Morgan fingerprint density at radius 3 is 2.68 bits per heavy atom. The van der Waals surface area contributed by atoms with E-state index in [1.807, 2.05) is 55.1 Å². The Bertz CT molecular complexity index is 701. The number of amides is 1. The average Bonchev–Trinajstić information content (AvgIpc) is 2.62. The van der Waals surface area contributed by atoms with Crippen molar-refractivity contribution >= 4 is 5.91 Å². The molecule has 3 rings (SSSR count). The first-order valence-corrected chi connectivity index (χ1v) is 8.51. The van der Waals surface area contributed by atoms with E-state index in [9.17, 15) is 4.79 Å². The van der Waals surface area contributed by atoms with Gasteiger partial charge in [-0.05, 0) is 32.0 Å². The van der Waals surface area contributed by atoms with Gasteiger partial charge in [-0.15, -0.1) is 0 Å². The number of benzene rings is 1. The maximum absolute atomic E-state index is 12.4. The van der Waals surface area contributed by atoms with Gasteiger partial charge in [-0.1, -0.05) is 18.2 Å². The first kappa shape index (κ1) is 17.4. The van der Waals surface area contributed by atoms with E-state index in [0.29, 0.717) is 38.5 Å². The summed E-state index contributed by atoms with van der Waals surface area (Å²) in [6, 6.07) is 11.4. The molecule has 0 spiro atoms. The van der Waals surface area contributed by atoms with Crippen molar-refractivity contribution in [1.29, 1.82) is 0 Å². The number of para-hydroxylation sites is 1. The Kier molecular flexibility index (Phi) is 5.60. The minimum Gasteiger partial charge on any atom is -0.493 e. The zero-order valence-corrected chi connectivity index (χ0v) is 14.6. The summed E-state index contributed by atoms with van der Waals surface area (Å²) < 4.78 is 11.4. The SMILES string of the molecule is Cc1cc(C)nc([C@@H]2CN(C(=O)CCOc3ccccc3)CCO2)n1. The Labute approximate surface area is 147 Å². The second kappa shape index (κ2) is 8.07. The van der Waals surface area contributed by atoms with Crippen LogP contribution in [-0.2, 0) is 9.53 Å². The lowest BCUT2D eigenvalue weighted by Gasteiger charge is -2.32. The van der Waals surface area contributed by atoms with Gasteiger partial charge in [0.2, 0.25) is 5.91 Å². The molecule has 6 heteroatoms. The Balaban J connectivity index is 1.54. The molecule has 1 aliphatic heterocycles. The van der Waals surface area contributed by atoms with E-state index in [2.05, 4.69) is 9.97 Å². The Morgan fingerprint density at radius 1 is 1.24 bits per heavy atom. The molecule has 6 nitrogen and oxygen atoms in total. The molecule has 0 N–H and O–H groups in total. The number of hydrogen-bond donors (Lipinski definition) is 0. The Hall–Kier alpha value is -2.47. The molecule has 25 heavy (non-hydrogen) atoms. The predicted molar refractivity (Wildman–Crippen MR) is 93.3 cm³/mol. The van der Waals surface area contributed by atoms with Crippen molar-refractivity contribution in [3.05, 3.63) is 53.6 Å². The van der Waals surface area contributed by atoms with E-state index in [4.69, 9.17) is 9.47 Å². The van der Waals surface area contributed by atoms with Gasteiger partial charge in [0.05, 0.1) is 26.2 Å². The zero-order chi connectivity index (χ0) is 17.6. The summed E-state index contributed by atoms with van der Waals surface area (Å²) in [5.41, 5.74) is 1.82. The van der Waals surface area contributed by atoms with Gasteiger partial charge < -0.3 is 14.4 Å². The number of morpholine rings is 1. The molecule has 0 saturated carbocycles. The first-order valence-electron chi connectivity index (χ1n) is 8.51. The minimum atomic E-state index is -0.272. The maximum atomic E-state index is 12.4. The number of aryl methyl sites for hydroxylation is 2. The molecule has 2 aromatic rings. The summed E-state index contributed by atoms with van der Waals surface area (Å²) in [7, 11) is 0. The quantitative estimate of drug-likeness (QED) is 0.836. The van der Waals surface area contributed by atoms with E-state index < -0.39 is 0 Å². The molecule has 1 amide bonds. The van der Waals surface area contributed by atoms with E-state index in [-0.39, 0.29) is 12.0 Å². The average molecular weight is 341 g/mol. The van der Waals surface area contributed by atoms with Gasteiger partial charge in [-0.3, -0.25) is 4.79 Å². The standard InChI is InChI=1S/C19H23N3O3/c1-14-12-15(2)21-19(20-14)17-13-22(9-11-25-17)18(23)8-10-24-16-6-4-3-5-7-16/h3-7,12,17H,8-11,13H2,1-2H3/t17-/m0/s1. The van der Waals surface area contributed by atoms with Gasteiger partial charge in [-0.2, -0.15) is 0 Å². The highest BCUT2D eigenvalue weighted by molar-refractivity contribution is 5.76. The normalized spacial score (nSPS) is 17.4. The van der Waals surface area contributed by atoms with Crippen LogP contribution in [-0.4, -0.2) is 47.1 Å². The molecule has 0 radical (unpaired) electrons. The van der Waals surface area contributed by atoms with Crippen molar-refractivity contribution in [2.45, 2.75) is 26.4 Å². The molecule has 1 saturated heterocycles. The third-order valence-corrected chi connectivity index (χ3v) is 4.03. The van der Waals surface area contributed by atoms with Gasteiger partial charge >= 0.3 is 0 Å². The van der Waals surface area contributed by atoms with Crippen LogP contribution in [0.15, 0.2) is 36.4 Å². The second-order valence-electron chi connectivity index (χ2n) is 6.12. The number of rotatable bonds is 5. The lowest BCUT2D eigenvalue weighted by Crippen LogP contribution is -2.43.